The zero-order valence-electron chi connectivity index (χ0n) is 8.89. The fraction of sp³-hybridized carbons (Fsp3) is 0.800. The van der Waals surface area contributed by atoms with Crippen LogP contribution in [0.25, 0.3) is 0 Å². The molecule has 0 atom stereocenters. The molecule has 0 saturated carbocycles. The van der Waals surface area contributed by atoms with Gasteiger partial charge >= 0.3 is 0 Å². The van der Waals surface area contributed by atoms with Crippen molar-refractivity contribution in [1.29, 1.82) is 0 Å². The van der Waals surface area contributed by atoms with Gasteiger partial charge in [-0.1, -0.05) is 27.7 Å². The largest absolute Gasteiger partial charge is 0.349 e. The average Bonchev–Trinajstić information content (AvgIpc) is 1.98. The molecule has 1 amide bonds. The number of carbonyl (C=O) groups is 2. The molecule has 0 aromatic heterocycles. The monoisotopic (exact) mass is 185 g/mol. The molecular weight excluding hydrogens is 166 g/mol. The van der Waals surface area contributed by atoms with Crippen LogP contribution in [0.2, 0.25) is 0 Å². The van der Waals surface area contributed by atoms with Crippen LogP contribution >= 0.6 is 0 Å². The van der Waals surface area contributed by atoms with Crippen LogP contribution in [0.5, 0.6) is 0 Å². The van der Waals surface area contributed by atoms with Crippen LogP contribution < -0.4 is 5.32 Å². The second kappa shape index (κ2) is 5.73. The van der Waals surface area contributed by atoms with Crippen molar-refractivity contribution < 1.29 is 9.59 Å². The first-order valence-electron chi connectivity index (χ1n) is 4.73. The summed E-state index contributed by atoms with van der Waals surface area (Å²) in [5.41, 5.74) is 0. The lowest BCUT2D eigenvalue weighted by Crippen LogP contribution is -2.32. The van der Waals surface area contributed by atoms with Gasteiger partial charge in [0.25, 0.3) is 0 Å². The Hall–Kier alpha value is -0.860. The van der Waals surface area contributed by atoms with Crippen molar-refractivity contribution in [2.45, 2.75) is 34.1 Å². The van der Waals surface area contributed by atoms with Crippen LogP contribution in [-0.4, -0.2) is 18.2 Å². The number of nitrogens with one attached hydrogen (secondary N) is 1. The number of ketones is 1. The highest BCUT2D eigenvalue weighted by molar-refractivity contribution is 5.87. The van der Waals surface area contributed by atoms with E-state index in [2.05, 4.69) is 5.32 Å². The zero-order valence-corrected chi connectivity index (χ0v) is 8.89. The minimum Gasteiger partial charge on any atom is -0.349 e. The summed E-state index contributed by atoms with van der Waals surface area (Å²) in [4.78, 5) is 22.2. The Bertz CT molecular complexity index is 185. The summed E-state index contributed by atoms with van der Waals surface area (Å²) < 4.78 is 0. The fourth-order valence-electron chi connectivity index (χ4n) is 0.833. The predicted molar refractivity (Wildman–Crippen MR) is 52.3 cm³/mol. The van der Waals surface area contributed by atoms with Gasteiger partial charge in [0.15, 0.2) is 5.78 Å². The zero-order chi connectivity index (χ0) is 10.4. The lowest BCUT2D eigenvalue weighted by Gasteiger charge is -2.07. The number of rotatable bonds is 5. The van der Waals surface area contributed by atoms with E-state index >= 15 is 0 Å². The van der Waals surface area contributed by atoms with E-state index in [0.717, 1.165) is 0 Å². The molecule has 0 rings (SSSR count). The van der Waals surface area contributed by atoms with E-state index in [9.17, 15) is 9.59 Å². The maximum absolute atomic E-state index is 11.1. The van der Waals surface area contributed by atoms with E-state index in [1.807, 2.05) is 27.7 Å². The number of Topliss-reactive ketones (excluding diaryl/α,β-unsaturated/α-hetero) is 1. The normalized spacial score (nSPS) is 10.6. The Morgan fingerprint density at radius 3 is 2.08 bits per heavy atom. The average molecular weight is 185 g/mol. The first-order valence-corrected chi connectivity index (χ1v) is 4.73. The molecule has 0 aromatic carbocycles. The van der Waals surface area contributed by atoms with Gasteiger partial charge in [0.05, 0.1) is 6.54 Å². The molecule has 0 saturated heterocycles. The minimum absolute atomic E-state index is 0.000602. The van der Waals surface area contributed by atoms with E-state index in [4.69, 9.17) is 0 Å². The molecule has 13 heavy (non-hydrogen) atoms. The Morgan fingerprint density at radius 1 is 1.15 bits per heavy atom. The maximum atomic E-state index is 11.1. The quantitative estimate of drug-likeness (QED) is 0.703. The van der Waals surface area contributed by atoms with Gasteiger partial charge in [-0.25, -0.2) is 0 Å². The molecule has 0 aliphatic heterocycles. The van der Waals surface area contributed by atoms with E-state index in [1.165, 1.54) is 0 Å². The molecule has 0 aliphatic carbocycles. The summed E-state index contributed by atoms with van der Waals surface area (Å²) in [6.07, 6.45) is 0.491. The van der Waals surface area contributed by atoms with Gasteiger partial charge in [-0.3, -0.25) is 9.59 Å². The van der Waals surface area contributed by atoms with Crippen molar-refractivity contribution >= 4 is 11.7 Å². The summed E-state index contributed by atoms with van der Waals surface area (Å²) in [6, 6.07) is 0. The molecule has 0 spiro atoms. The van der Waals surface area contributed by atoms with Crippen molar-refractivity contribution in [1.82, 2.24) is 5.32 Å². The van der Waals surface area contributed by atoms with Crippen LogP contribution in [0.15, 0.2) is 0 Å². The summed E-state index contributed by atoms with van der Waals surface area (Å²) in [5.74, 6) is 0.384. The van der Waals surface area contributed by atoms with E-state index in [1.54, 1.807) is 0 Å². The van der Waals surface area contributed by atoms with Crippen molar-refractivity contribution in [3.8, 4) is 0 Å². The summed E-state index contributed by atoms with van der Waals surface area (Å²) in [7, 11) is 0. The highest BCUT2D eigenvalue weighted by Crippen LogP contribution is 1.98. The van der Waals surface area contributed by atoms with E-state index < -0.39 is 0 Å². The first kappa shape index (κ1) is 12.1. The van der Waals surface area contributed by atoms with Gasteiger partial charge in [0.1, 0.15) is 0 Å². The Labute approximate surface area is 79.9 Å². The smallest absolute Gasteiger partial charge is 0.220 e. The highest BCUT2D eigenvalue weighted by Gasteiger charge is 2.09. The van der Waals surface area contributed by atoms with Crippen molar-refractivity contribution in [3.63, 3.8) is 0 Å². The Kier molecular flexibility index (Phi) is 5.35. The molecule has 0 bridgehead atoms. The third kappa shape index (κ3) is 6.31. The molecular formula is C10H19NO2. The molecule has 76 valence electrons. The Balaban J connectivity index is 3.64. The molecule has 0 unspecified atom stereocenters. The molecule has 1 N–H and O–H groups in total. The van der Waals surface area contributed by atoms with E-state index in [-0.39, 0.29) is 24.2 Å². The molecule has 0 fully saturated rings. The summed E-state index contributed by atoms with van der Waals surface area (Å²) in [5, 5.41) is 2.61. The van der Waals surface area contributed by atoms with Gasteiger partial charge in [-0.2, -0.15) is 0 Å². The maximum Gasteiger partial charge on any atom is 0.220 e. The fourth-order valence-corrected chi connectivity index (χ4v) is 0.833. The van der Waals surface area contributed by atoms with Crippen LogP contribution in [0.3, 0.4) is 0 Å². The minimum atomic E-state index is -0.0380. The van der Waals surface area contributed by atoms with Gasteiger partial charge < -0.3 is 5.32 Å². The van der Waals surface area contributed by atoms with Crippen molar-refractivity contribution in [2.24, 2.45) is 11.8 Å². The van der Waals surface area contributed by atoms with E-state index in [0.29, 0.717) is 12.3 Å². The van der Waals surface area contributed by atoms with Crippen molar-refractivity contribution in [3.05, 3.63) is 0 Å². The highest BCUT2D eigenvalue weighted by atomic mass is 16.2. The second-order valence-electron chi connectivity index (χ2n) is 4.00. The molecule has 0 aliphatic rings. The lowest BCUT2D eigenvalue weighted by molar-refractivity contribution is -0.126. The Morgan fingerprint density at radius 2 is 1.69 bits per heavy atom. The van der Waals surface area contributed by atoms with Crippen LogP contribution in [-0.2, 0) is 9.59 Å². The SMILES string of the molecule is CC(C)CC(=O)NCC(=O)C(C)C. The molecule has 3 nitrogen and oxygen atoms in total. The predicted octanol–water partition coefficient (Wildman–Crippen LogP) is 1.37. The second-order valence-corrected chi connectivity index (χ2v) is 4.00. The number of hydrogen-bond donors (Lipinski definition) is 1. The number of hydrogen-bond acceptors (Lipinski definition) is 2. The van der Waals surface area contributed by atoms with Gasteiger partial charge in [-0.05, 0) is 5.92 Å². The topological polar surface area (TPSA) is 46.2 Å². The molecule has 3 heteroatoms. The third-order valence-corrected chi connectivity index (χ3v) is 1.70. The van der Waals surface area contributed by atoms with Gasteiger partial charge in [0.2, 0.25) is 5.91 Å². The molecule has 0 heterocycles. The first-order chi connectivity index (χ1) is 5.93. The van der Waals surface area contributed by atoms with Gasteiger partial charge in [0, 0.05) is 12.3 Å². The van der Waals surface area contributed by atoms with Crippen molar-refractivity contribution in [2.75, 3.05) is 6.54 Å². The standard InChI is InChI=1S/C10H19NO2/c1-7(2)5-10(13)11-6-9(12)8(3)4/h7-8H,5-6H2,1-4H3,(H,11,13). The third-order valence-electron chi connectivity index (χ3n) is 1.70. The summed E-state index contributed by atoms with van der Waals surface area (Å²) >= 11 is 0. The van der Waals surface area contributed by atoms with Crippen LogP contribution in [0.4, 0.5) is 0 Å². The molecule has 0 aromatic rings. The molecule has 0 radical (unpaired) electrons. The number of carbonyl (C=O) groups excluding carboxylic acids is 2. The van der Waals surface area contributed by atoms with Crippen LogP contribution in [0.1, 0.15) is 34.1 Å². The van der Waals surface area contributed by atoms with Gasteiger partial charge in [-0.15, -0.1) is 0 Å². The van der Waals surface area contributed by atoms with Crippen LogP contribution in [0, 0.1) is 11.8 Å². The lowest BCUT2D eigenvalue weighted by atomic mass is 10.1. The number of amides is 1. The summed E-state index contributed by atoms with van der Waals surface area (Å²) in [6.45, 7) is 7.78.